The third-order valence-corrected chi connectivity index (χ3v) is 1.97. The molecule has 0 fully saturated rings. The Kier molecular flexibility index (Phi) is 4.85. The minimum absolute atomic E-state index is 0.124. The summed E-state index contributed by atoms with van der Waals surface area (Å²) in [5.74, 6) is -0.319. The molecule has 82 valence electrons. The third kappa shape index (κ3) is 4.42. The van der Waals surface area contributed by atoms with E-state index < -0.39 is 0 Å². The Hall–Kier alpha value is -0.830. The molecule has 0 rings (SSSR count). The van der Waals surface area contributed by atoms with Gasteiger partial charge in [0.15, 0.2) is 0 Å². The molecule has 0 aliphatic heterocycles. The van der Waals surface area contributed by atoms with Gasteiger partial charge in [-0.05, 0) is 19.3 Å². The molecule has 0 saturated heterocycles. The van der Waals surface area contributed by atoms with Gasteiger partial charge in [-0.1, -0.05) is 32.4 Å². The summed E-state index contributed by atoms with van der Waals surface area (Å²) >= 11 is 0. The highest BCUT2D eigenvalue weighted by atomic mass is 16.3. The van der Waals surface area contributed by atoms with Gasteiger partial charge in [0, 0.05) is 0 Å². The largest absolute Gasteiger partial charge is 0.377 e. The SMILES string of the molecule is CC(C)=CC(C(=O)NCO)C(C)(C)C. The molecule has 0 aromatic rings. The van der Waals surface area contributed by atoms with Crippen molar-refractivity contribution in [1.29, 1.82) is 0 Å². The normalized spacial score (nSPS) is 13.3. The van der Waals surface area contributed by atoms with Crippen LogP contribution in [0.4, 0.5) is 0 Å². The molecule has 14 heavy (non-hydrogen) atoms. The minimum Gasteiger partial charge on any atom is -0.377 e. The number of carbonyl (C=O) groups is 1. The molecule has 0 aliphatic rings. The summed E-state index contributed by atoms with van der Waals surface area (Å²) in [6.07, 6.45) is 1.94. The third-order valence-electron chi connectivity index (χ3n) is 1.97. The lowest BCUT2D eigenvalue weighted by atomic mass is 9.79. The van der Waals surface area contributed by atoms with E-state index in [4.69, 9.17) is 5.11 Å². The van der Waals surface area contributed by atoms with Gasteiger partial charge in [-0.15, -0.1) is 0 Å². The number of amides is 1. The highest BCUT2D eigenvalue weighted by Gasteiger charge is 2.28. The first kappa shape index (κ1) is 13.2. The Morgan fingerprint density at radius 2 is 1.93 bits per heavy atom. The van der Waals surface area contributed by atoms with Crippen molar-refractivity contribution in [3.05, 3.63) is 11.6 Å². The number of allylic oxidation sites excluding steroid dienone is 1. The van der Waals surface area contributed by atoms with Crippen LogP contribution in [0, 0.1) is 11.3 Å². The highest BCUT2D eigenvalue weighted by Crippen LogP contribution is 2.28. The maximum Gasteiger partial charge on any atom is 0.229 e. The van der Waals surface area contributed by atoms with Crippen molar-refractivity contribution < 1.29 is 9.90 Å². The number of hydrogen-bond acceptors (Lipinski definition) is 2. The van der Waals surface area contributed by atoms with E-state index in [1.54, 1.807) is 0 Å². The maximum absolute atomic E-state index is 11.6. The van der Waals surface area contributed by atoms with E-state index in [0.29, 0.717) is 0 Å². The second-order valence-corrected chi connectivity index (χ2v) is 4.79. The summed E-state index contributed by atoms with van der Waals surface area (Å²) in [4.78, 5) is 11.6. The van der Waals surface area contributed by atoms with Crippen LogP contribution in [0.25, 0.3) is 0 Å². The summed E-state index contributed by atoms with van der Waals surface area (Å²) in [6, 6.07) is 0. The smallest absolute Gasteiger partial charge is 0.229 e. The number of carbonyl (C=O) groups excluding carboxylic acids is 1. The zero-order valence-corrected chi connectivity index (χ0v) is 9.72. The van der Waals surface area contributed by atoms with Crippen LogP contribution in [-0.2, 0) is 4.79 Å². The highest BCUT2D eigenvalue weighted by molar-refractivity contribution is 5.81. The zero-order valence-electron chi connectivity index (χ0n) is 9.72. The molecule has 3 nitrogen and oxygen atoms in total. The molecule has 1 amide bonds. The topological polar surface area (TPSA) is 49.3 Å². The van der Waals surface area contributed by atoms with Crippen LogP contribution in [0.15, 0.2) is 11.6 Å². The van der Waals surface area contributed by atoms with Crippen LogP contribution < -0.4 is 5.32 Å². The van der Waals surface area contributed by atoms with Crippen molar-refractivity contribution in [3.63, 3.8) is 0 Å². The molecule has 0 aliphatic carbocycles. The molecular weight excluding hydrogens is 178 g/mol. The van der Waals surface area contributed by atoms with Gasteiger partial charge in [-0.3, -0.25) is 4.79 Å². The van der Waals surface area contributed by atoms with Crippen molar-refractivity contribution in [2.45, 2.75) is 34.6 Å². The average Bonchev–Trinajstić information content (AvgIpc) is 1.98. The van der Waals surface area contributed by atoms with Crippen molar-refractivity contribution in [1.82, 2.24) is 5.32 Å². The standard InChI is InChI=1S/C11H21NO2/c1-8(2)6-9(11(3,4)5)10(14)12-7-13/h6,9,13H,7H2,1-5H3,(H,12,14). The van der Waals surface area contributed by atoms with Gasteiger partial charge in [0.25, 0.3) is 0 Å². The van der Waals surface area contributed by atoms with E-state index in [2.05, 4.69) is 5.32 Å². The summed E-state index contributed by atoms with van der Waals surface area (Å²) in [6.45, 7) is 9.65. The summed E-state index contributed by atoms with van der Waals surface area (Å²) in [5, 5.41) is 11.1. The number of hydrogen-bond donors (Lipinski definition) is 2. The predicted octanol–water partition coefficient (Wildman–Crippen LogP) is 1.68. The van der Waals surface area contributed by atoms with Gasteiger partial charge in [0.2, 0.25) is 5.91 Å². The van der Waals surface area contributed by atoms with Crippen LogP contribution in [0.1, 0.15) is 34.6 Å². The van der Waals surface area contributed by atoms with Gasteiger partial charge in [0.1, 0.15) is 6.73 Å². The number of rotatable bonds is 3. The summed E-state index contributed by atoms with van der Waals surface area (Å²) in [7, 11) is 0. The van der Waals surface area contributed by atoms with Crippen molar-refractivity contribution in [2.75, 3.05) is 6.73 Å². The Labute approximate surface area is 86.2 Å². The van der Waals surface area contributed by atoms with Crippen molar-refractivity contribution in [2.24, 2.45) is 11.3 Å². The molecule has 0 aromatic carbocycles. The molecule has 0 aromatic heterocycles. The Balaban J connectivity index is 4.74. The van der Waals surface area contributed by atoms with E-state index in [9.17, 15) is 4.79 Å². The van der Waals surface area contributed by atoms with E-state index in [-0.39, 0.29) is 24.0 Å². The second-order valence-electron chi connectivity index (χ2n) is 4.79. The molecular formula is C11H21NO2. The van der Waals surface area contributed by atoms with Gasteiger partial charge in [0.05, 0.1) is 5.92 Å². The van der Waals surface area contributed by atoms with E-state index >= 15 is 0 Å². The second kappa shape index (κ2) is 5.15. The van der Waals surface area contributed by atoms with Crippen molar-refractivity contribution in [3.8, 4) is 0 Å². The molecule has 3 heteroatoms. The van der Waals surface area contributed by atoms with E-state index in [1.807, 2.05) is 40.7 Å². The lowest BCUT2D eigenvalue weighted by molar-refractivity contribution is -0.127. The Morgan fingerprint density at radius 3 is 2.21 bits per heavy atom. The zero-order chi connectivity index (χ0) is 11.4. The molecule has 2 N–H and O–H groups in total. The number of aliphatic hydroxyl groups excluding tert-OH is 1. The fourth-order valence-electron chi connectivity index (χ4n) is 1.24. The lowest BCUT2D eigenvalue weighted by Gasteiger charge is -2.27. The monoisotopic (exact) mass is 199 g/mol. The predicted molar refractivity (Wildman–Crippen MR) is 57.6 cm³/mol. The number of nitrogens with one attached hydrogen (secondary N) is 1. The minimum atomic E-state index is -0.304. The van der Waals surface area contributed by atoms with Gasteiger partial charge in [-0.25, -0.2) is 0 Å². The fraction of sp³-hybridized carbons (Fsp3) is 0.727. The molecule has 0 radical (unpaired) electrons. The maximum atomic E-state index is 11.6. The van der Waals surface area contributed by atoms with Crippen LogP contribution in [-0.4, -0.2) is 17.7 Å². The molecule has 1 atom stereocenters. The van der Waals surface area contributed by atoms with Crippen molar-refractivity contribution >= 4 is 5.91 Å². The Morgan fingerprint density at radius 1 is 1.43 bits per heavy atom. The van der Waals surface area contributed by atoms with Crippen LogP contribution >= 0.6 is 0 Å². The lowest BCUT2D eigenvalue weighted by Crippen LogP contribution is -2.37. The Bertz CT molecular complexity index is 222. The van der Waals surface area contributed by atoms with Gasteiger partial charge in [-0.2, -0.15) is 0 Å². The van der Waals surface area contributed by atoms with Gasteiger partial charge >= 0.3 is 0 Å². The summed E-state index contributed by atoms with van der Waals surface area (Å²) < 4.78 is 0. The van der Waals surface area contributed by atoms with E-state index in [0.717, 1.165) is 5.57 Å². The molecule has 0 heterocycles. The van der Waals surface area contributed by atoms with Gasteiger partial charge < -0.3 is 10.4 Å². The molecule has 0 bridgehead atoms. The molecule has 0 saturated carbocycles. The first-order valence-corrected chi connectivity index (χ1v) is 4.82. The first-order valence-electron chi connectivity index (χ1n) is 4.82. The van der Waals surface area contributed by atoms with Crippen LogP contribution in [0.2, 0.25) is 0 Å². The van der Waals surface area contributed by atoms with E-state index in [1.165, 1.54) is 0 Å². The molecule has 1 unspecified atom stereocenters. The number of aliphatic hydroxyl groups is 1. The van der Waals surface area contributed by atoms with Crippen LogP contribution in [0.5, 0.6) is 0 Å². The summed E-state index contributed by atoms with van der Waals surface area (Å²) in [5.41, 5.74) is 0.981. The first-order chi connectivity index (χ1) is 6.29. The quantitative estimate of drug-likeness (QED) is 0.536. The average molecular weight is 199 g/mol. The molecule has 0 spiro atoms. The van der Waals surface area contributed by atoms with Crippen LogP contribution in [0.3, 0.4) is 0 Å². The fourth-order valence-corrected chi connectivity index (χ4v) is 1.24.